The van der Waals surface area contributed by atoms with Gasteiger partial charge in [-0.15, -0.1) is 0 Å². The third-order valence-corrected chi connectivity index (χ3v) is 3.68. The molecule has 1 aromatic carbocycles. The standard InChI is InChI=1S/C16H21N3O2/c1-3-7-13(8-4-1)20-12-10-15-18-16(21-19-15)14-9-5-2-6-11-17-14/h1,3-4,7-8,14,17H,2,5-6,9-12H2. The second kappa shape index (κ2) is 7.22. The summed E-state index contributed by atoms with van der Waals surface area (Å²) in [6.07, 6.45) is 5.44. The minimum absolute atomic E-state index is 0.212. The van der Waals surface area contributed by atoms with E-state index in [1.807, 2.05) is 30.3 Å². The Balaban J connectivity index is 1.50. The fourth-order valence-corrected chi connectivity index (χ4v) is 2.53. The van der Waals surface area contributed by atoms with E-state index in [9.17, 15) is 0 Å². The summed E-state index contributed by atoms with van der Waals surface area (Å²) in [5, 5.41) is 7.51. The Hall–Kier alpha value is -1.88. The lowest BCUT2D eigenvalue weighted by Crippen LogP contribution is -2.20. The summed E-state index contributed by atoms with van der Waals surface area (Å²) in [7, 11) is 0. The van der Waals surface area contributed by atoms with E-state index in [4.69, 9.17) is 9.26 Å². The first kappa shape index (κ1) is 14.1. The number of aromatic nitrogens is 2. The molecule has 112 valence electrons. The van der Waals surface area contributed by atoms with Gasteiger partial charge in [0.2, 0.25) is 5.89 Å². The maximum absolute atomic E-state index is 5.65. The summed E-state index contributed by atoms with van der Waals surface area (Å²) in [6.45, 7) is 1.58. The second-order valence-corrected chi connectivity index (χ2v) is 5.32. The number of hydrogen-bond acceptors (Lipinski definition) is 5. The van der Waals surface area contributed by atoms with Crippen LogP contribution in [-0.4, -0.2) is 23.3 Å². The minimum Gasteiger partial charge on any atom is -0.493 e. The van der Waals surface area contributed by atoms with Crippen LogP contribution in [0.15, 0.2) is 34.9 Å². The Labute approximate surface area is 124 Å². The van der Waals surface area contributed by atoms with E-state index in [1.165, 1.54) is 19.3 Å². The van der Waals surface area contributed by atoms with Crippen molar-refractivity contribution >= 4 is 0 Å². The van der Waals surface area contributed by atoms with Crippen molar-refractivity contribution < 1.29 is 9.26 Å². The van der Waals surface area contributed by atoms with Gasteiger partial charge in [0.15, 0.2) is 5.82 Å². The molecule has 0 radical (unpaired) electrons. The molecule has 1 atom stereocenters. The Morgan fingerprint density at radius 3 is 3.00 bits per heavy atom. The van der Waals surface area contributed by atoms with Crippen LogP contribution in [0.25, 0.3) is 0 Å². The number of nitrogens with zero attached hydrogens (tertiary/aromatic N) is 2. The van der Waals surface area contributed by atoms with Crippen LogP contribution in [0, 0.1) is 0 Å². The summed E-state index contributed by atoms with van der Waals surface area (Å²) in [5.74, 6) is 2.30. The van der Waals surface area contributed by atoms with E-state index in [2.05, 4.69) is 15.5 Å². The van der Waals surface area contributed by atoms with E-state index < -0.39 is 0 Å². The molecule has 1 aliphatic heterocycles. The monoisotopic (exact) mass is 287 g/mol. The van der Waals surface area contributed by atoms with E-state index >= 15 is 0 Å². The molecule has 0 spiro atoms. The molecule has 1 aromatic heterocycles. The molecule has 5 nitrogen and oxygen atoms in total. The van der Waals surface area contributed by atoms with Crippen LogP contribution < -0.4 is 10.1 Å². The third-order valence-electron chi connectivity index (χ3n) is 3.68. The minimum atomic E-state index is 0.212. The lowest BCUT2D eigenvalue weighted by Gasteiger charge is -2.09. The van der Waals surface area contributed by atoms with Crippen molar-refractivity contribution in [3.8, 4) is 5.75 Å². The summed E-state index contributed by atoms with van der Waals surface area (Å²) in [4.78, 5) is 4.49. The van der Waals surface area contributed by atoms with Crippen molar-refractivity contribution in [2.45, 2.75) is 38.1 Å². The van der Waals surface area contributed by atoms with Gasteiger partial charge in [-0.3, -0.25) is 0 Å². The summed E-state index contributed by atoms with van der Waals surface area (Å²) in [6, 6.07) is 9.98. The number of para-hydroxylation sites is 1. The highest BCUT2D eigenvalue weighted by molar-refractivity contribution is 5.20. The van der Waals surface area contributed by atoms with Crippen molar-refractivity contribution in [2.75, 3.05) is 13.2 Å². The molecule has 1 N–H and O–H groups in total. The molecule has 3 rings (SSSR count). The third kappa shape index (κ3) is 4.04. The molecule has 0 amide bonds. The number of ether oxygens (including phenoxy) is 1. The van der Waals surface area contributed by atoms with Gasteiger partial charge in [-0.1, -0.05) is 36.2 Å². The molecule has 1 saturated heterocycles. The van der Waals surface area contributed by atoms with Gasteiger partial charge >= 0.3 is 0 Å². The smallest absolute Gasteiger partial charge is 0.243 e. The Morgan fingerprint density at radius 2 is 2.10 bits per heavy atom. The lowest BCUT2D eigenvalue weighted by molar-refractivity contribution is 0.308. The van der Waals surface area contributed by atoms with Crippen molar-refractivity contribution in [2.24, 2.45) is 0 Å². The fraction of sp³-hybridized carbons (Fsp3) is 0.500. The maximum Gasteiger partial charge on any atom is 0.243 e. The molecule has 0 bridgehead atoms. The average Bonchev–Trinajstić information content (AvgIpc) is 2.82. The first-order valence-electron chi connectivity index (χ1n) is 7.65. The van der Waals surface area contributed by atoms with Crippen LogP contribution in [0.2, 0.25) is 0 Å². The lowest BCUT2D eigenvalue weighted by atomic mass is 10.1. The molecule has 2 heterocycles. The van der Waals surface area contributed by atoms with Gasteiger partial charge in [-0.25, -0.2) is 0 Å². The van der Waals surface area contributed by atoms with Gasteiger partial charge in [0.05, 0.1) is 12.6 Å². The maximum atomic E-state index is 5.65. The fourth-order valence-electron chi connectivity index (χ4n) is 2.53. The number of hydrogen-bond donors (Lipinski definition) is 1. The van der Waals surface area contributed by atoms with Gasteiger partial charge in [0.25, 0.3) is 0 Å². The summed E-state index contributed by atoms with van der Waals surface area (Å²) < 4.78 is 11.0. The number of benzene rings is 1. The Morgan fingerprint density at radius 1 is 1.19 bits per heavy atom. The number of nitrogens with one attached hydrogen (secondary N) is 1. The average molecular weight is 287 g/mol. The summed E-state index contributed by atoms with van der Waals surface area (Å²) in [5.41, 5.74) is 0. The van der Waals surface area contributed by atoms with Gasteiger partial charge in [-0.2, -0.15) is 4.98 Å². The van der Waals surface area contributed by atoms with Crippen molar-refractivity contribution in [3.05, 3.63) is 42.0 Å². The normalized spacial score (nSPS) is 19.1. The zero-order valence-corrected chi connectivity index (χ0v) is 12.1. The van der Waals surface area contributed by atoms with Crippen LogP contribution >= 0.6 is 0 Å². The van der Waals surface area contributed by atoms with E-state index in [-0.39, 0.29) is 6.04 Å². The van der Waals surface area contributed by atoms with Crippen LogP contribution in [0.4, 0.5) is 0 Å². The van der Waals surface area contributed by atoms with E-state index in [0.717, 1.165) is 18.7 Å². The molecule has 0 saturated carbocycles. The molecule has 1 aliphatic rings. The number of rotatable bonds is 5. The van der Waals surface area contributed by atoms with Crippen LogP contribution in [-0.2, 0) is 6.42 Å². The predicted octanol–water partition coefficient (Wildman–Crippen LogP) is 2.90. The molecule has 21 heavy (non-hydrogen) atoms. The molecule has 1 fully saturated rings. The van der Waals surface area contributed by atoms with Crippen molar-refractivity contribution in [3.63, 3.8) is 0 Å². The highest BCUT2D eigenvalue weighted by Gasteiger charge is 2.19. The topological polar surface area (TPSA) is 60.2 Å². The first-order chi connectivity index (χ1) is 10.4. The summed E-state index contributed by atoms with van der Waals surface area (Å²) >= 11 is 0. The molecule has 5 heteroatoms. The van der Waals surface area contributed by atoms with E-state index in [1.54, 1.807) is 0 Å². The highest BCUT2D eigenvalue weighted by Crippen LogP contribution is 2.21. The van der Waals surface area contributed by atoms with Crippen LogP contribution in [0.1, 0.15) is 43.4 Å². The Bertz CT molecular complexity index is 533. The van der Waals surface area contributed by atoms with Gasteiger partial charge in [0, 0.05) is 6.42 Å². The quantitative estimate of drug-likeness (QED) is 0.916. The van der Waals surface area contributed by atoms with Gasteiger partial charge < -0.3 is 14.6 Å². The molecule has 2 aromatic rings. The molecule has 0 aliphatic carbocycles. The molecular formula is C16H21N3O2. The molecule has 1 unspecified atom stereocenters. The van der Waals surface area contributed by atoms with E-state index in [0.29, 0.717) is 24.7 Å². The largest absolute Gasteiger partial charge is 0.493 e. The van der Waals surface area contributed by atoms with Crippen LogP contribution in [0.3, 0.4) is 0 Å². The Kier molecular flexibility index (Phi) is 4.84. The predicted molar refractivity (Wildman–Crippen MR) is 79.2 cm³/mol. The zero-order chi connectivity index (χ0) is 14.3. The van der Waals surface area contributed by atoms with Gasteiger partial charge in [-0.05, 0) is 31.5 Å². The highest BCUT2D eigenvalue weighted by atomic mass is 16.5. The molecular weight excluding hydrogens is 266 g/mol. The second-order valence-electron chi connectivity index (χ2n) is 5.32. The zero-order valence-electron chi connectivity index (χ0n) is 12.1. The van der Waals surface area contributed by atoms with Crippen molar-refractivity contribution in [1.82, 2.24) is 15.5 Å². The first-order valence-corrected chi connectivity index (χ1v) is 7.65. The van der Waals surface area contributed by atoms with Crippen molar-refractivity contribution in [1.29, 1.82) is 0 Å². The van der Waals surface area contributed by atoms with Gasteiger partial charge in [0.1, 0.15) is 5.75 Å². The van der Waals surface area contributed by atoms with Crippen LogP contribution in [0.5, 0.6) is 5.75 Å². The SMILES string of the molecule is c1ccc(OCCc2noc(C3CCCCCN3)n2)cc1.